The lowest BCUT2D eigenvalue weighted by atomic mass is 10.2. The monoisotopic (exact) mass is 274 g/mol. The maximum absolute atomic E-state index is 12.9. The molecule has 0 saturated carbocycles. The van der Waals surface area contributed by atoms with Gasteiger partial charge in [0.05, 0.1) is 5.69 Å². The van der Waals surface area contributed by atoms with Crippen molar-refractivity contribution in [2.75, 3.05) is 18.5 Å². The number of halogens is 1. The summed E-state index contributed by atoms with van der Waals surface area (Å²) in [5, 5.41) is 11.6. The molecular weight excluding hydrogens is 255 g/mol. The molecule has 1 aromatic heterocycles. The van der Waals surface area contributed by atoms with Crippen molar-refractivity contribution < 1.29 is 4.39 Å². The summed E-state index contributed by atoms with van der Waals surface area (Å²) in [6.07, 6.45) is 0. The van der Waals surface area contributed by atoms with Gasteiger partial charge in [-0.25, -0.2) is 4.39 Å². The summed E-state index contributed by atoms with van der Waals surface area (Å²) >= 11 is 0. The summed E-state index contributed by atoms with van der Waals surface area (Å²) in [5.41, 5.74) is 1.96. The number of nitrogens with one attached hydrogen (secondary N) is 1. The summed E-state index contributed by atoms with van der Waals surface area (Å²) < 4.78 is 12.9. The van der Waals surface area contributed by atoms with E-state index in [1.165, 1.54) is 12.1 Å². The smallest absolute Gasteiger partial charge is 0.151 e. The molecule has 0 bridgehead atoms. The summed E-state index contributed by atoms with van der Waals surface area (Å²) in [6, 6.07) is 10.4. The number of benzene rings is 1. The molecule has 2 aromatic rings. The second-order valence-electron chi connectivity index (χ2n) is 4.65. The highest BCUT2D eigenvalue weighted by molar-refractivity contribution is 5.37. The molecule has 1 heterocycles. The van der Waals surface area contributed by atoms with E-state index in [1.54, 1.807) is 12.1 Å². The normalized spacial score (nSPS) is 10.6. The highest BCUT2D eigenvalue weighted by Gasteiger charge is 2.05. The van der Waals surface area contributed by atoms with Gasteiger partial charge in [0.25, 0.3) is 0 Å². The van der Waals surface area contributed by atoms with Crippen LogP contribution in [0.25, 0.3) is 0 Å². The zero-order valence-electron chi connectivity index (χ0n) is 11.8. The van der Waals surface area contributed by atoms with E-state index in [-0.39, 0.29) is 5.82 Å². The van der Waals surface area contributed by atoms with Gasteiger partial charge >= 0.3 is 0 Å². The van der Waals surface area contributed by atoms with Crippen molar-refractivity contribution in [2.24, 2.45) is 0 Å². The second-order valence-corrected chi connectivity index (χ2v) is 4.65. The van der Waals surface area contributed by atoms with Crippen LogP contribution in [0.1, 0.15) is 18.2 Å². The van der Waals surface area contributed by atoms with Crippen LogP contribution >= 0.6 is 0 Å². The highest BCUT2D eigenvalue weighted by atomic mass is 19.1. The molecular formula is C15H19FN4. The average Bonchev–Trinajstić information content (AvgIpc) is 2.48. The van der Waals surface area contributed by atoms with Crippen molar-refractivity contribution in [1.29, 1.82) is 0 Å². The fraction of sp³-hybridized carbons (Fsp3) is 0.333. The van der Waals surface area contributed by atoms with E-state index in [0.29, 0.717) is 6.54 Å². The van der Waals surface area contributed by atoms with E-state index < -0.39 is 0 Å². The van der Waals surface area contributed by atoms with Crippen LogP contribution in [-0.4, -0.2) is 23.8 Å². The zero-order valence-corrected chi connectivity index (χ0v) is 11.8. The van der Waals surface area contributed by atoms with Gasteiger partial charge in [0, 0.05) is 20.1 Å². The van der Waals surface area contributed by atoms with Crippen LogP contribution in [0.2, 0.25) is 0 Å². The van der Waals surface area contributed by atoms with Crippen molar-refractivity contribution in [3.05, 3.63) is 53.5 Å². The molecule has 4 nitrogen and oxygen atoms in total. The minimum absolute atomic E-state index is 0.219. The van der Waals surface area contributed by atoms with Crippen molar-refractivity contribution in [2.45, 2.75) is 20.0 Å². The fourth-order valence-corrected chi connectivity index (χ4v) is 1.85. The van der Waals surface area contributed by atoms with Crippen LogP contribution in [0.15, 0.2) is 36.4 Å². The molecule has 20 heavy (non-hydrogen) atoms. The summed E-state index contributed by atoms with van der Waals surface area (Å²) in [6.45, 7) is 4.36. The van der Waals surface area contributed by atoms with Gasteiger partial charge in [-0.15, -0.1) is 5.10 Å². The Hall–Kier alpha value is -2.01. The molecule has 0 aliphatic heterocycles. The van der Waals surface area contributed by atoms with Crippen molar-refractivity contribution in [3.63, 3.8) is 0 Å². The predicted molar refractivity (Wildman–Crippen MR) is 77.9 cm³/mol. The van der Waals surface area contributed by atoms with Gasteiger partial charge in [-0.2, -0.15) is 5.10 Å². The standard InChI is InChI=1S/C15H19FN4/c1-3-17-10-14-8-9-15(19-18-14)20(2)11-12-4-6-13(16)7-5-12/h4-9,17H,3,10-11H2,1-2H3. The third-order valence-corrected chi connectivity index (χ3v) is 2.99. The molecule has 5 heteroatoms. The van der Waals surface area contributed by atoms with E-state index in [9.17, 15) is 4.39 Å². The van der Waals surface area contributed by atoms with E-state index >= 15 is 0 Å². The zero-order chi connectivity index (χ0) is 14.4. The third-order valence-electron chi connectivity index (χ3n) is 2.99. The SMILES string of the molecule is CCNCc1ccc(N(C)Cc2ccc(F)cc2)nn1. The Morgan fingerprint density at radius 3 is 2.45 bits per heavy atom. The van der Waals surface area contributed by atoms with Crippen LogP contribution in [0.5, 0.6) is 0 Å². The van der Waals surface area contributed by atoms with Crippen LogP contribution in [0, 0.1) is 5.82 Å². The first-order valence-electron chi connectivity index (χ1n) is 6.68. The Bertz CT molecular complexity index is 525. The summed E-state index contributed by atoms with van der Waals surface area (Å²) in [5.74, 6) is 0.582. The number of aromatic nitrogens is 2. The molecule has 0 fully saturated rings. The number of hydrogen-bond acceptors (Lipinski definition) is 4. The van der Waals surface area contributed by atoms with E-state index in [2.05, 4.69) is 22.4 Å². The largest absolute Gasteiger partial charge is 0.354 e. The van der Waals surface area contributed by atoms with E-state index in [4.69, 9.17) is 0 Å². The Labute approximate surface area is 118 Å². The summed E-state index contributed by atoms with van der Waals surface area (Å²) in [4.78, 5) is 1.98. The Balaban J connectivity index is 1.98. The molecule has 0 aliphatic rings. The Kier molecular flexibility index (Phi) is 5.01. The van der Waals surface area contributed by atoms with Gasteiger partial charge in [-0.05, 0) is 36.4 Å². The Morgan fingerprint density at radius 1 is 1.10 bits per heavy atom. The minimum Gasteiger partial charge on any atom is -0.354 e. The van der Waals surface area contributed by atoms with Crippen LogP contribution in [0.4, 0.5) is 10.2 Å². The molecule has 0 spiro atoms. The second kappa shape index (κ2) is 6.96. The molecule has 1 aromatic carbocycles. The molecule has 1 N–H and O–H groups in total. The van der Waals surface area contributed by atoms with Crippen molar-refractivity contribution >= 4 is 5.82 Å². The summed E-state index contributed by atoms with van der Waals surface area (Å²) in [7, 11) is 1.94. The van der Waals surface area contributed by atoms with E-state index in [1.807, 2.05) is 24.1 Å². The molecule has 2 rings (SSSR count). The minimum atomic E-state index is -0.219. The van der Waals surface area contributed by atoms with Crippen LogP contribution in [-0.2, 0) is 13.1 Å². The van der Waals surface area contributed by atoms with Gasteiger partial charge in [0.15, 0.2) is 5.82 Å². The van der Waals surface area contributed by atoms with Crippen molar-refractivity contribution in [1.82, 2.24) is 15.5 Å². The van der Waals surface area contributed by atoms with Crippen molar-refractivity contribution in [3.8, 4) is 0 Å². The maximum atomic E-state index is 12.9. The van der Waals surface area contributed by atoms with Gasteiger partial charge < -0.3 is 10.2 Å². The maximum Gasteiger partial charge on any atom is 0.151 e. The van der Waals surface area contributed by atoms with Gasteiger partial charge in [-0.3, -0.25) is 0 Å². The first-order valence-corrected chi connectivity index (χ1v) is 6.68. The fourth-order valence-electron chi connectivity index (χ4n) is 1.85. The lowest BCUT2D eigenvalue weighted by Crippen LogP contribution is -2.19. The number of nitrogens with zero attached hydrogens (tertiary/aromatic N) is 3. The van der Waals surface area contributed by atoms with Crippen LogP contribution < -0.4 is 10.2 Å². The third kappa shape index (κ3) is 3.99. The topological polar surface area (TPSA) is 41.0 Å². The van der Waals surface area contributed by atoms with Gasteiger partial charge in [0.2, 0.25) is 0 Å². The predicted octanol–water partition coefficient (Wildman–Crippen LogP) is 2.36. The molecule has 0 saturated heterocycles. The highest BCUT2D eigenvalue weighted by Crippen LogP contribution is 2.12. The quantitative estimate of drug-likeness (QED) is 0.878. The number of hydrogen-bond donors (Lipinski definition) is 1. The first-order chi connectivity index (χ1) is 9.69. The van der Waals surface area contributed by atoms with Gasteiger partial charge in [0.1, 0.15) is 5.82 Å². The molecule has 0 radical (unpaired) electrons. The number of anilines is 1. The molecule has 0 aliphatic carbocycles. The van der Waals surface area contributed by atoms with Crippen LogP contribution in [0.3, 0.4) is 0 Å². The average molecular weight is 274 g/mol. The Morgan fingerprint density at radius 2 is 1.85 bits per heavy atom. The molecule has 106 valence electrons. The first kappa shape index (κ1) is 14.4. The lowest BCUT2D eigenvalue weighted by Gasteiger charge is -2.17. The van der Waals surface area contributed by atoms with E-state index in [0.717, 1.165) is 30.2 Å². The molecule has 0 atom stereocenters. The van der Waals surface area contributed by atoms with Gasteiger partial charge in [-0.1, -0.05) is 19.1 Å². The molecule has 0 amide bonds. The number of rotatable bonds is 6. The lowest BCUT2D eigenvalue weighted by molar-refractivity contribution is 0.627. The molecule has 0 unspecified atom stereocenters.